The number of nitrogens with zero attached hydrogens (tertiary/aromatic N) is 2. The largest absolute Gasteiger partial charge is 0.485 e. The van der Waals surface area contributed by atoms with Crippen molar-refractivity contribution in [3.63, 3.8) is 0 Å². The summed E-state index contributed by atoms with van der Waals surface area (Å²) in [6.07, 6.45) is 3.70. The monoisotopic (exact) mass is 403 g/mol. The van der Waals surface area contributed by atoms with Crippen LogP contribution in [0.4, 0.5) is 0 Å². The maximum atomic E-state index is 12.2. The number of ether oxygens (including phenoxy) is 3. The lowest BCUT2D eigenvalue weighted by Crippen LogP contribution is -2.42. The number of carbonyl (C=O) groups excluding carboxylic acids is 2. The Labute approximate surface area is 172 Å². The normalized spacial score (nSPS) is 14.9. The lowest BCUT2D eigenvalue weighted by atomic mass is 10.2. The zero-order valence-corrected chi connectivity index (χ0v) is 15.7. The molecule has 1 unspecified atom stereocenters. The van der Waals surface area contributed by atoms with E-state index in [1.807, 2.05) is 6.07 Å². The van der Waals surface area contributed by atoms with Crippen molar-refractivity contribution in [1.82, 2.24) is 10.4 Å². The van der Waals surface area contributed by atoms with Crippen molar-refractivity contribution in [2.24, 2.45) is 5.10 Å². The van der Waals surface area contributed by atoms with Crippen LogP contribution in [-0.2, 0) is 4.79 Å². The number of pyridine rings is 1. The number of hydrazone groups is 1. The molecule has 0 radical (unpaired) electrons. The van der Waals surface area contributed by atoms with Crippen molar-refractivity contribution >= 4 is 18.1 Å². The molecule has 4 rings (SSSR count). The highest BCUT2D eigenvalue weighted by molar-refractivity contribution is 5.90. The minimum absolute atomic E-state index is 0.107. The number of benzene rings is 2. The third-order valence-electron chi connectivity index (χ3n) is 4.18. The maximum Gasteiger partial charge on any atom is 0.345 e. The quantitative estimate of drug-likeness (QED) is 0.304. The number of carbonyl (C=O) groups is 2. The SMILES string of the molecule is O=C(Oc1ccc(C=NNC(=O)C2COc3ccccc3O2)cc1)c1cccnc1. The van der Waals surface area contributed by atoms with Gasteiger partial charge in [-0.05, 0) is 54.1 Å². The molecule has 30 heavy (non-hydrogen) atoms. The van der Waals surface area contributed by atoms with Crippen molar-refractivity contribution in [3.8, 4) is 17.2 Å². The van der Waals surface area contributed by atoms with Gasteiger partial charge in [-0.2, -0.15) is 5.10 Å². The summed E-state index contributed by atoms with van der Waals surface area (Å²) in [6, 6.07) is 17.1. The van der Waals surface area contributed by atoms with E-state index in [0.717, 1.165) is 0 Å². The lowest BCUT2D eigenvalue weighted by molar-refractivity contribution is -0.130. The molecule has 0 saturated heterocycles. The van der Waals surface area contributed by atoms with Crippen molar-refractivity contribution in [2.45, 2.75) is 6.10 Å². The van der Waals surface area contributed by atoms with Gasteiger partial charge in [0.2, 0.25) is 6.10 Å². The molecule has 0 aliphatic carbocycles. The third kappa shape index (κ3) is 4.61. The van der Waals surface area contributed by atoms with E-state index in [0.29, 0.717) is 28.4 Å². The molecule has 1 aliphatic rings. The summed E-state index contributed by atoms with van der Waals surface area (Å²) >= 11 is 0. The number of aromatic nitrogens is 1. The van der Waals surface area contributed by atoms with Crippen LogP contribution in [0.3, 0.4) is 0 Å². The van der Waals surface area contributed by atoms with Gasteiger partial charge < -0.3 is 14.2 Å². The number of nitrogens with one attached hydrogen (secondary N) is 1. The molecule has 8 heteroatoms. The van der Waals surface area contributed by atoms with Crippen LogP contribution in [0.5, 0.6) is 17.2 Å². The molecule has 1 aliphatic heterocycles. The average molecular weight is 403 g/mol. The van der Waals surface area contributed by atoms with Gasteiger partial charge in [0.1, 0.15) is 12.4 Å². The molecular formula is C22H17N3O5. The molecule has 1 aromatic heterocycles. The van der Waals surface area contributed by atoms with Crippen molar-refractivity contribution < 1.29 is 23.8 Å². The van der Waals surface area contributed by atoms with E-state index in [-0.39, 0.29) is 6.61 Å². The first-order chi connectivity index (χ1) is 14.7. The standard InChI is InChI=1S/C22H17N3O5/c26-21(20-14-28-18-5-1-2-6-19(18)30-20)25-24-12-15-7-9-17(10-8-15)29-22(27)16-4-3-11-23-13-16/h1-13,20H,14H2,(H,25,26). The molecule has 8 nitrogen and oxygen atoms in total. The molecule has 150 valence electrons. The first-order valence-electron chi connectivity index (χ1n) is 9.13. The van der Waals surface area contributed by atoms with Gasteiger partial charge in [-0.3, -0.25) is 9.78 Å². The minimum atomic E-state index is -0.786. The Bertz CT molecular complexity index is 1070. The van der Waals surface area contributed by atoms with Gasteiger partial charge in [-0.1, -0.05) is 12.1 Å². The van der Waals surface area contributed by atoms with Gasteiger partial charge in [0.15, 0.2) is 11.5 Å². The summed E-state index contributed by atoms with van der Waals surface area (Å²) in [5.41, 5.74) is 3.51. The molecule has 2 aromatic carbocycles. The fourth-order valence-electron chi connectivity index (χ4n) is 2.66. The van der Waals surface area contributed by atoms with Crippen molar-refractivity contribution in [1.29, 1.82) is 0 Å². The Balaban J connectivity index is 1.29. The minimum Gasteiger partial charge on any atom is -0.485 e. The number of fused-ring (bicyclic) bond motifs is 1. The Hall–Kier alpha value is -4.20. The zero-order chi connectivity index (χ0) is 20.8. The van der Waals surface area contributed by atoms with E-state index in [1.54, 1.807) is 60.8 Å². The smallest absolute Gasteiger partial charge is 0.345 e. The Morgan fingerprint density at radius 1 is 1.07 bits per heavy atom. The first-order valence-corrected chi connectivity index (χ1v) is 9.13. The van der Waals surface area contributed by atoms with Gasteiger partial charge in [0, 0.05) is 12.4 Å². The fraction of sp³-hybridized carbons (Fsp3) is 0.0909. The van der Waals surface area contributed by atoms with Crippen LogP contribution in [0.1, 0.15) is 15.9 Å². The molecule has 1 atom stereocenters. The first kappa shape index (κ1) is 19.1. The van der Waals surface area contributed by atoms with E-state index < -0.39 is 18.0 Å². The lowest BCUT2D eigenvalue weighted by Gasteiger charge is -2.24. The molecular weight excluding hydrogens is 386 g/mol. The molecule has 1 amide bonds. The Kier molecular flexibility index (Phi) is 5.66. The van der Waals surface area contributed by atoms with E-state index in [9.17, 15) is 9.59 Å². The van der Waals surface area contributed by atoms with Crippen LogP contribution in [0, 0.1) is 0 Å². The number of para-hydroxylation sites is 2. The molecule has 3 aromatic rings. The molecule has 2 heterocycles. The summed E-state index contributed by atoms with van der Waals surface area (Å²) in [5, 5.41) is 3.93. The highest BCUT2D eigenvalue weighted by Gasteiger charge is 2.26. The summed E-state index contributed by atoms with van der Waals surface area (Å²) in [5.74, 6) is 0.603. The van der Waals surface area contributed by atoms with Gasteiger partial charge in [-0.15, -0.1) is 0 Å². The molecule has 0 spiro atoms. The second-order valence-electron chi connectivity index (χ2n) is 6.30. The number of hydrogen-bond donors (Lipinski definition) is 1. The fourth-order valence-corrected chi connectivity index (χ4v) is 2.66. The number of hydrogen-bond acceptors (Lipinski definition) is 7. The molecule has 0 saturated carbocycles. The van der Waals surface area contributed by atoms with Crippen LogP contribution >= 0.6 is 0 Å². The predicted molar refractivity (Wildman–Crippen MR) is 108 cm³/mol. The number of rotatable bonds is 5. The summed E-state index contributed by atoms with van der Waals surface area (Å²) in [4.78, 5) is 28.1. The van der Waals surface area contributed by atoms with Gasteiger partial charge in [-0.25, -0.2) is 10.2 Å². The topological polar surface area (TPSA) is 99.1 Å². The van der Waals surface area contributed by atoms with Crippen molar-refractivity contribution in [3.05, 3.63) is 84.2 Å². The number of amides is 1. The summed E-state index contributed by atoms with van der Waals surface area (Å²) in [7, 11) is 0. The number of esters is 1. The maximum absolute atomic E-state index is 12.2. The molecule has 0 fully saturated rings. The molecule has 1 N–H and O–H groups in total. The second-order valence-corrected chi connectivity index (χ2v) is 6.30. The summed E-state index contributed by atoms with van der Waals surface area (Å²) in [6.45, 7) is 0.107. The van der Waals surface area contributed by atoms with Crippen LogP contribution < -0.4 is 19.6 Å². The Morgan fingerprint density at radius 2 is 1.87 bits per heavy atom. The van der Waals surface area contributed by atoms with Gasteiger partial charge in [0.05, 0.1) is 11.8 Å². The predicted octanol–water partition coefficient (Wildman–Crippen LogP) is 2.59. The molecule has 0 bridgehead atoms. The van der Waals surface area contributed by atoms with E-state index in [1.165, 1.54) is 12.4 Å². The second kappa shape index (κ2) is 8.87. The van der Waals surface area contributed by atoms with Crippen LogP contribution in [0.25, 0.3) is 0 Å². The average Bonchev–Trinajstić information content (AvgIpc) is 2.80. The van der Waals surface area contributed by atoms with E-state index in [4.69, 9.17) is 14.2 Å². The van der Waals surface area contributed by atoms with E-state index in [2.05, 4.69) is 15.5 Å². The van der Waals surface area contributed by atoms with Crippen LogP contribution in [-0.4, -0.2) is 35.8 Å². The highest BCUT2D eigenvalue weighted by Crippen LogP contribution is 2.30. The van der Waals surface area contributed by atoms with Gasteiger partial charge in [0.25, 0.3) is 5.91 Å². The van der Waals surface area contributed by atoms with E-state index >= 15 is 0 Å². The third-order valence-corrected chi connectivity index (χ3v) is 4.18. The van der Waals surface area contributed by atoms with Gasteiger partial charge >= 0.3 is 5.97 Å². The Morgan fingerprint density at radius 3 is 2.63 bits per heavy atom. The van der Waals surface area contributed by atoms with Crippen LogP contribution in [0.15, 0.2) is 78.2 Å². The zero-order valence-electron chi connectivity index (χ0n) is 15.7. The summed E-state index contributed by atoms with van der Waals surface area (Å²) < 4.78 is 16.4. The van der Waals surface area contributed by atoms with Crippen molar-refractivity contribution in [2.75, 3.05) is 6.61 Å². The van der Waals surface area contributed by atoms with Crippen LogP contribution in [0.2, 0.25) is 0 Å². The highest BCUT2D eigenvalue weighted by atomic mass is 16.6.